The summed E-state index contributed by atoms with van der Waals surface area (Å²) >= 11 is 0. The Morgan fingerprint density at radius 1 is 1.07 bits per heavy atom. The van der Waals surface area contributed by atoms with Crippen LogP contribution in [0.4, 0.5) is 5.69 Å². The maximum atomic E-state index is 12.3. The van der Waals surface area contributed by atoms with Crippen molar-refractivity contribution < 1.29 is 18.8 Å². The summed E-state index contributed by atoms with van der Waals surface area (Å²) in [5, 5.41) is 3.95. The Morgan fingerprint density at radius 2 is 1.86 bits per heavy atom. The van der Waals surface area contributed by atoms with E-state index in [2.05, 4.69) is 5.16 Å². The predicted molar refractivity (Wildman–Crippen MR) is 104 cm³/mol. The quantitative estimate of drug-likeness (QED) is 0.624. The fourth-order valence-electron chi connectivity index (χ4n) is 3.20. The number of nitrogens with zero attached hydrogens (tertiary/aromatic N) is 2. The third-order valence-corrected chi connectivity index (χ3v) is 4.71. The Bertz CT molecular complexity index is 964. The molecular formula is C22H20N2O4. The topological polar surface area (TPSA) is 72.6 Å². The van der Waals surface area contributed by atoms with Gasteiger partial charge in [0.05, 0.1) is 5.56 Å². The monoisotopic (exact) mass is 376 g/mol. The van der Waals surface area contributed by atoms with Crippen molar-refractivity contribution in [3.63, 3.8) is 0 Å². The molecule has 1 saturated heterocycles. The molecule has 0 aliphatic carbocycles. The SMILES string of the molecule is O=C(OCc1cc(-c2ccccc2)on1)c1ccc(N2CCCCC2=O)cc1. The number of amides is 1. The van der Waals surface area contributed by atoms with E-state index in [-0.39, 0.29) is 12.5 Å². The summed E-state index contributed by atoms with van der Waals surface area (Å²) < 4.78 is 10.6. The molecule has 0 radical (unpaired) electrons. The molecule has 1 aliphatic rings. The van der Waals surface area contributed by atoms with Crippen molar-refractivity contribution >= 4 is 17.6 Å². The van der Waals surface area contributed by atoms with Gasteiger partial charge in [0.25, 0.3) is 0 Å². The number of hydrogen-bond acceptors (Lipinski definition) is 5. The second kappa shape index (κ2) is 8.08. The number of esters is 1. The molecule has 6 nitrogen and oxygen atoms in total. The van der Waals surface area contributed by atoms with Crippen LogP contribution in [0.25, 0.3) is 11.3 Å². The Labute approximate surface area is 162 Å². The highest BCUT2D eigenvalue weighted by atomic mass is 16.5. The Morgan fingerprint density at radius 3 is 2.61 bits per heavy atom. The van der Waals surface area contributed by atoms with Crippen LogP contribution in [0.15, 0.2) is 65.2 Å². The van der Waals surface area contributed by atoms with E-state index in [1.165, 1.54) is 0 Å². The number of aromatic nitrogens is 1. The van der Waals surface area contributed by atoms with Crippen LogP contribution in [0.1, 0.15) is 35.3 Å². The van der Waals surface area contributed by atoms with Gasteiger partial charge in [-0.25, -0.2) is 4.79 Å². The molecule has 0 spiro atoms. The van der Waals surface area contributed by atoms with Crippen LogP contribution < -0.4 is 4.90 Å². The highest BCUT2D eigenvalue weighted by molar-refractivity contribution is 5.95. The molecule has 0 N–H and O–H groups in total. The number of anilines is 1. The van der Waals surface area contributed by atoms with Crippen molar-refractivity contribution in [2.45, 2.75) is 25.9 Å². The van der Waals surface area contributed by atoms with Gasteiger partial charge in [0, 0.05) is 30.3 Å². The van der Waals surface area contributed by atoms with E-state index in [4.69, 9.17) is 9.26 Å². The predicted octanol–water partition coefficient (Wildman–Crippen LogP) is 4.22. The van der Waals surface area contributed by atoms with E-state index in [1.54, 1.807) is 35.2 Å². The van der Waals surface area contributed by atoms with E-state index in [9.17, 15) is 9.59 Å². The summed E-state index contributed by atoms with van der Waals surface area (Å²) in [4.78, 5) is 26.0. The number of carbonyl (C=O) groups is 2. The smallest absolute Gasteiger partial charge is 0.338 e. The molecule has 2 aromatic carbocycles. The lowest BCUT2D eigenvalue weighted by Crippen LogP contribution is -2.35. The second-order valence-corrected chi connectivity index (χ2v) is 6.67. The molecule has 1 amide bonds. The first-order chi connectivity index (χ1) is 13.7. The fraction of sp³-hybridized carbons (Fsp3) is 0.227. The average Bonchev–Trinajstić information content (AvgIpc) is 3.22. The zero-order chi connectivity index (χ0) is 19.3. The molecule has 142 valence electrons. The summed E-state index contributed by atoms with van der Waals surface area (Å²) in [7, 11) is 0. The van der Waals surface area contributed by atoms with Crippen molar-refractivity contribution in [1.82, 2.24) is 5.16 Å². The number of carbonyl (C=O) groups excluding carboxylic acids is 2. The molecule has 1 fully saturated rings. The Kier molecular flexibility index (Phi) is 5.19. The van der Waals surface area contributed by atoms with Gasteiger partial charge in [-0.3, -0.25) is 4.79 Å². The molecule has 28 heavy (non-hydrogen) atoms. The first-order valence-corrected chi connectivity index (χ1v) is 9.29. The molecule has 0 atom stereocenters. The van der Waals surface area contributed by atoms with Gasteiger partial charge in [0.1, 0.15) is 12.3 Å². The highest BCUT2D eigenvalue weighted by Gasteiger charge is 2.20. The molecule has 0 unspecified atom stereocenters. The minimum Gasteiger partial charge on any atom is -0.455 e. The summed E-state index contributed by atoms with van der Waals surface area (Å²) in [6.45, 7) is 0.750. The lowest BCUT2D eigenvalue weighted by atomic mass is 10.1. The minimum absolute atomic E-state index is 0.0293. The molecule has 0 saturated carbocycles. The molecule has 3 aromatic rings. The van der Waals surface area contributed by atoms with Gasteiger partial charge >= 0.3 is 5.97 Å². The van der Waals surface area contributed by atoms with E-state index < -0.39 is 5.97 Å². The van der Waals surface area contributed by atoms with Gasteiger partial charge in [-0.05, 0) is 37.1 Å². The van der Waals surface area contributed by atoms with Crippen molar-refractivity contribution in [1.29, 1.82) is 0 Å². The number of ether oxygens (including phenoxy) is 1. The molecule has 1 aliphatic heterocycles. The summed E-state index contributed by atoms with van der Waals surface area (Å²) in [6.07, 6.45) is 2.51. The zero-order valence-corrected chi connectivity index (χ0v) is 15.3. The van der Waals surface area contributed by atoms with E-state index in [0.717, 1.165) is 30.6 Å². The van der Waals surface area contributed by atoms with E-state index >= 15 is 0 Å². The third-order valence-electron chi connectivity index (χ3n) is 4.71. The molecular weight excluding hydrogens is 356 g/mol. The van der Waals surface area contributed by atoms with Gasteiger partial charge in [-0.1, -0.05) is 35.5 Å². The van der Waals surface area contributed by atoms with Crippen LogP contribution in [-0.4, -0.2) is 23.6 Å². The van der Waals surface area contributed by atoms with Gasteiger partial charge in [-0.2, -0.15) is 0 Å². The minimum atomic E-state index is -0.444. The first kappa shape index (κ1) is 18.0. The van der Waals surface area contributed by atoms with Gasteiger partial charge in [-0.15, -0.1) is 0 Å². The fourth-order valence-corrected chi connectivity index (χ4v) is 3.20. The van der Waals surface area contributed by atoms with Crippen molar-refractivity contribution in [2.75, 3.05) is 11.4 Å². The summed E-state index contributed by atoms with van der Waals surface area (Å²) in [6, 6.07) is 18.3. The zero-order valence-electron chi connectivity index (χ0n) is 15.3. The summed E-state index contributed by atoms with van der Waals surface area (Å²) in [5.41, 5.74) is 2.70. The van der Waals surface area contributed by atoms with Crippen LogP contribution >= 0.6 is 0 Å². The van der Waals surface area contributed by atoms with E-state index in [0.29, 0.717) is 23.4 Å². The van der Waals surface area contributed by atoms with Gasteiger partial charge in [0.2, 0.25) is 5.91 Å². The number of rotatable bonds is 5. The highest BCUT2D eigenvalue weighted by Crippen LogP contribution is 2.22. The van der Waals surface area contributed by atoms with Crippen molar-refractivity contribution in [2.24, 2.45) is 0 Å². The van der Waals surface area contributed by atoms with Crippen LogP contribution in [0, 0.1) is 0 Å². The lowest BCUT2D eigenvalue weighted by Gasteiger charge is -2.26. The molecule has 6 heteroatoms. The normalized spacial score (nSPS) is 14.1. The maximum absolute atomic E-state index is 12.3. The standard InChI is InChI=1S/C22H20N2O4/c25-21-8-4-5-13-24(21)19-11-9-17(10-12-19)22(26)27-15-18-14-20(28-23-18)16-6-2-1-3-7-16/h1-3,6-7,9-12,14H,4-5,8,13,15H2. The van der Waals surface area contributed by atoms with Crippen molar-refractivity contribution in [3.05, 3.63) is 71.9 Å². The third kappa shape index (κ3) is 3.96. The van der Waals surface area contributed by atoms with Gasteiger partial charge < -0.3 is 14.2 Å². The number of benzene rings is 2. The largest absolute Gasteiger partial charge is 0.455 e. The van der Waals surface area contributed by atoms with E-state index in [1.807, 2.05) is 30.3 Å². The number of piperidine rings is 1. The Balaban J connectivity index is 1.36. The van der Waals surface area contributed by atoms with Crippen LogP contribution in [0.3, 0.4) is 0 Å². The lowest BCUT2D eigenvalue weighted by molar-refractivity contribution is -0.119. The molecule has 4 rings (SSSR count). The van der Waals surface area contributed by atoms with Crippen LogP contribution in [0.5, 0.6) is 0 Å². The second-order valence-electron chi connectivity index (χ2n) is 6.67. The summed E-state index contributed by atoms with van der Waals surface area (Å²) in [5.74, 6) is 0.310. The maximum Gasteiger partial charge on any atom is 0.338 e. The van der Waals surface area contributed by atoms with Crippen LogP contribution in [-0.2, 0) is 16.1 Å². The molecule has 2 heterocycles. The molecule has 0 bridgehead atoms. The Hall–Kier alpha value is -3.41. The van der Waals surface area contributed by atoms with Crippen molar-refractivity contribution in [3.8, 4) is 11.3 Å². The average molecular weight is 376 g/mol. The molecule has 1 aromatic heterocycles. The number of hydrogen-bond donors (Lipinski definition) is 0. The van der Waals surface area contributed by atoms with Gasteiger partial charge in [0.15, 0.2) is 5.76 Å². The van der Waals surface area contributed by atoms with Crippen LogP contribution in [0.2, 0.25) is 0 Å². The first-order valence-electron chi connectivity index (χ1n) is 9.29.